The highest BCUT2D eigenvalue weighted by molar-refractivity contribution is 6.42. The zero-order valence-electron chi connectivity index (χ0n) is 8.45. The molecule has 0 aliphatic rings. The molecule has 0 saturated carbocycles. The Balaban J connectivity index is 2.18. The van der Waals surface area contributed by atoms with Crippen molar-refractivity contribution in [1.82, 2.24) is 9.97 Å². The number of nitrogens with zero attached hydrogens (tertiary/aromatic N) is 1. The van der Waals surface area contributed by atoms with Gasteiger partial charge in [-0.2, -0.15) is 0 Å². The summed E-state index contributed by atoms with van der Waals surface area (Å²) in [6.45, 7) is 0. The molecule has 16 heavy (non-hydrogen) atoms. The third-order valence-electron chi connectivity index (χ3n) is 2.37. The average molecular weight is 256 g/mol. The molecule has 3 N–H and O–H groups in total. The van der Waals surface area contributed by atoms with Gasteiger partial charge in [-0.15, -0.1) is 0 Å². The number of aromatic nitrogens is 2. The molecule has 0 radical (unpaired) electrons. The predicted molar refractivity (Wildman–Crippen MR) is 65.7 cm³/mol. The van der Waals surface area contributed by atoms with E-state index in [-0.39, 0.29) is 6.04 Å². The van der Waals surface area contributed by atoms with Crippen LogP contribution in [0.5, 0.6) is 0 Å². The van der Waals surface area contributed by atoms with Crippen LogP contribution in [0, 0.1) is 0 Å². The van der Waals surface area contributed by atoms with Crippen LogP contribution in [0.15, 0.2) is 30.7 Å². The minimum absolute atomic E-state index is 0.179. The molecule has 3 nitrogen and oxygen atoms in total. The number of H-pyrrole nitrogens is 1. The minimum Gasteiger partial charge on any atom is -0.351 e. The number of halogens is 2. The molecule has 2 aromatic rings. The normalized spacial score (nSPS) is 12.7. The van der Waals surface area contributed by atoms with Gasteiger partial charge in [-0.05, 0) is 18.1 Å². The minimum atomic E-state index is -0.179. The molecular weight excluding hydrogens is 245 g/mol. The van der Waals surface area contributed by atoms with Crippen LogP contribution in [0.1, 0.15) is 17.3 Å². The highest BCUT2D eigenvalue weighted by Gasteiger charge is 2.12. The summed E-state index contributed by atoms with van der Waals surface area (Å²) in [7, 11) is 0. The van der Waals surface area contributed by atoms with Gasteiger partial charge in [-0.25, -0.2) is 4.98 Å². The molecule has 1 unspecified atom stereocenters. The van der Waals surface area contributed by atoms with E-state index in [1.807, 2.05) is 12.1 Å². The number of imidazole rings is 1. The molecule has 1 aromatic heterocycles. The van der Waals surface area contributed by atoms with Gasteiger partial charge >= 0.3 is 0 Å². The molecular formula is C11H11Cl2N3. The summed E-state index contributed by atoms with van der Waals surface area (Å²) in [6.07, 6.45) is 4.00. The summed E-state index contributed by atoms with van der Waals surface area (Å²) in [4.78, 5) is 6.98. The Morgan fingerprint density at radius 1 is 1.38 bits per heavy atom. The van der Waals surface area contributed by atoms with Gasteiger partial charge in [-0.1, -0.05) is 35.3 Å². The smallest absolute Gasteiger partial charge is 0.0923 e. The Labute approximate surface area is 104 Å². The van der Waals surface area contributed by atoms with Crippen LogP contribution in [0.4, 0.5) is 0 Å². The van der Waals surface area contributed by atoms with Gasteiger partial charge in [0.15, 0.2) is 0 Å². The maximum atomic E-state index is 6.08. The summed E-state index contributed by atoms with van der Waals surface area (Å²) < 4.78 is 0. The number of hydrogen-bond donors (Lipinski definition) is 2. The average Bonchev–Trinajstić information content (AvgIpc) is 2.78. The fourth-order valence-corrected chi connectivity index (χ4v) is 1.92. The lowest BCUT2D eigenvalue weighted by Gasteiger charge is -2.10. The number of benzene rings is 1. The maximum Gasteiger partial charge on any atom is 0.0923 e. The maximum absolute atomic E-state index is 6.08. The van der Waals surface area contributed by atoms with Crippen molar-refractivity contribution in [2.75, 3.05) is 0 Å². The largest absolute Gasteiger partial charge is 0.351 e. The molecule has 0 amide bonds. The van der Waals surface area contributed by atoms with Gasteiger partial charge in [0, 0.05) is 6.20 Å². The van der Waals surface area contributed by atoms with Crippen molar-refractivity contribution in [3.05, 3.63) is 52.0 Å². The van der Waals surface area contributed by atoms with E-state index in [0.29, 0.717) is 16.5 Å². The van der Waals surface area contributed by atoms with E-state index >= 15 is 0 Å². The first-order valence-corrected chi connectivity index (χ1v) is 5.61. The Hall–Kier alpha value is -1.03. The van der Waals surface area contributed by atoms with E-state index in [0.717, 1.165) is 11.3 Å². The first-order valence-electron chi connectivity index (χ1n) is 4.85. The van der Waals surface area contributed by atoms with Gasteiger partial charge < -0.3 is 10.7 Å². The Kier molecular flexibility index (Phi) is 3.49. The molecule has 0 fully saturated rings. The monoisotopic (exact) mass is 255 g/mol. The standard InChI is InChI=1S/C11H11Cl2N3/c12-8-3-1-2-7(11(8)13)4-9(14)10-5-15-6-16-10/h1-3,5-6,9H,4,14H2,(H,15,16). The molecule has 84 valence electrons. The zero-order chi connectivity index (χ0) is 11.5. The Morgan fingerprint density at radius 3 is 2.88 bits per heavy atom. The van der Waals surface area contributed by atoms with Gasteiger partial charge in [0.2, 0.25) is 0 Å². The van der Waals surface area contributed by atoms with Crippen LogP contribution in [0.25, 0.3) is 0 Å². The van der Waals surface area contributed by atoms with Crippen molar-refractivity contribution in [3.63, 3.8) is 0 Å². The number of aromatic amines is 1. The highest BCUT2D eigenvalue weighted by Crippen LogP contribution is 2.28. The molecule has 0 aliphatic carbocycles. The number of nitrogens with one attached hydrogen (secondary N) is 1. The number of rotatable bonds is 3. The number of hydrogen-bond acceptors (Lipinski definition) is 2. The Bertz CT molecular complexity index is 468. The third kappa shape index (κ3) is 2.38. The molecule has 1 heterocycles. The summed E-state index contributed by atoms with van der Waals surface area (Å²) in [5.74, 6) is 0. The quantitative estimate of drug-likeness (QED) is 0.886. The fraction of sp³-hybridized carbons (Fsp3) is 0.182. The molecule has 0 aliphatic heterocycles. The van der Waals surface area contributed by atoms with E-state index in [9.17, 15) is 0 Å². The van der Waals surface area contributed by atoms with Crippen molar-refractivity contribution in [1.29, 1.82) is 0 Å². The van der Waals surface area contributed by atoms with Crippen molar-refractivity contribution in [3.8, 4) is 0 Å². The van der Waals surface area contributed by atoms with Crippen molar-refractivity contribution in [2.45, 2.75) is 12.5 Å². The van der Waals surface area contributed by atoms with Crippen LogP contribution >= 0.6 is 23.2 Å². The van der Waals surface area contributed by atoms with E-state index in [2.05, 4.69) is 9.97 Å². The topological polar surface area (TPSA) is 54.7 Å². The second kappa shape index (κ2) is 4.87. The summed E-state index contributed by atoms with van der Waals surface area (Å²) in [6, 6.07) is 5.36. The zero-order valence-corrected chi connectivity index (χ0v) is 9.96. The van der Waals surface area contributed by atoms with E-state index in [1.165, 1.54) is 0 Å². The van der Waals surface area contributed by atoms with Crippen LogP contribution in [0.2, 0.25) is 10.0 Å². The van der Waals surface area contributed by atoms with Gasteiger partial charge in [0.05, 0.1) is 28.1 Å². The van der Waals surface area contributed by atoms with Gasteiger partial charge in [0.1, 0.15) is 0 Å². The Morgan fingerprint density at radius 2 is 2.19 bits per heavy atom. The first kappa shape index (κ1) is 11.5. The van der Waals surface area contributed by atoms with Gasteiger partial charge in [0.25, 0.3) is 0 Å². The molecule has 5 heteroatoms. The van der Waals surface area contributed by atoms with Crippen molar-refractivity contribution >= 4 is 23.2 Å². The lowest BCUT2D eigenvalue weighted by atomic mass is 10.0. The lowest BCUT2D eigenvalue weighted by Crippen LogP contribution is -2.13. The van der Waals surface area contributed by atoms with Crippen LogP contribution in [-0.4, -0.2) is 9.97 Å². The van der Waals surface area contributed by atoms with Crippen molar-refractivity contribution < 1.29 is 0 Å². The van der Waals surface area contributed by atoms with Crippen LogP contribution in [-0.2, 0) is 6.42 Å². The molecule has 0 saturated heterocycles. The lowest BCUT2D eigenvalue weighted by molar-refractivity contribution is 0.701. The summed E-state index contributed by atoms with van der Waals surface area (Å²) in [5.41, 5.74) is 7.76. The second-order valence-electron chi connectivity index (χ2n) is 3.52. The highest BCUT2D eigenvalue weighted by atomic mass is 35.5. The molecule has 2 rings (SSSR count). The molecule has 1 aromatic carbocycles. The summed E-state index contributed by atoms with van der Waals surface area (Å²) in [5, 5.41) is 1.11. The van der Waals surface area contributed by atoms with Crippen LogP contribution in [0.3, 0.4) is 0 Å². The third-order valence-corrected chi connectivity index (χ3v) is 3.23. The SMILES string of the molecule is NC(Cc1cccc(Cl)c1Cl)c1c[nH]cn1. The summed E-state index contributed by atoms with van der Waals surface area (Å²) >= 11 is 12.0. The van der Waals surface area contributed by atoms with E-state index in [4.69, 9.17) is 28.9 Å². The molecule has 0 bridgehead atoms. The van der Waals surface area contributed by atoms with Gasteiger partial charge in [-0.3, -0.25) is 0 Å². The van der Waals surface area contributed by atoms with Crippen molar-refractivity contribution in [2.24, 2.45) is 5.73 Å². The number of nitrogens with two attached hydrogens (primary N) is 1. The fourth-order valence-electron chi connectivity index (χ4n) is 1.52. The molecule has 1 atom stereocenters. The van der Waals surface area contributed by atoms with Crippen LogP contribution < -0.4 is 5.73 Å². The first-order chi connectivity index (χ1) is 7.68. The van der Waals surface area contributed by atoms with E-state index < -0.39 is 0 Å². The predicted octanol–water partition coefficient (Wildman–Crippen LogP) is 2.96. The second-order valence-corrected chi connectivity index (χ2v) is 4.30. The van der Waals surface area contributed by atoms with E-state index in [1.54, 1.807) is 18.6 Å². The molecule has 0 spiro atoms.